The fourth-order valence-corrected chi connectivity index (χ4v) is 3.59. The molecule has 4 nitrogen and oxygen atoms in total. The molecule has 0 unspecified atom stereocenters. The third-order valence-electron chi connectivity index (χ3n) is 4.29. The van der Waals surface area contributed by atoms with Crippen molar-refractivity contribution in [3.05, 3.63) is 82.9 Å². The first-order valence-corrected chi connectivity index (χ1v) is 9.42. The van der Waals surface area contributed by atoms with E-state index in [2.05, 4.69) is 15.3 Å². The van der Waals surface area contributed by atoms with Gasteiger partial charge in [-0.2, -0.15) is 0 Å². The van der Waals surface area contributed by atoms with Gasteiger partial charge in [-0.15, -0.1) is 0 Å². The van der Waals surface area contributed by atoms with E-state index in [9.17, 15) is 9.18 Å². The van der Waals surface area contributed by atoms with Gasteiger partial charge in [0.2, 0.25) is 5.91 Å². The zero-order valence-corrected chi connectivity index (χ0v) is 16.2. The molecule has 2 aromatic carbocycles. The topological polar surface area (TPSA) is 54.9 Å². The normalized spacial score (nSPS) is 11.9. The summed E-state index contributed by atoms with van der Waals surface area (Å²) in [6.45, 7) is 5.85. The highest BCUT2D eigenvalue weighted by molar-refractivity contribution is 8.00. The fraction of sp³-hybridized carbons (Fsp3) is 0.190. The number of halogens is 1. The maximum absolute atomic E-state index is 13.1. The van der Waals surface area contributed by atoms with Gasteiger partial charge in [0, 0.05) is 17.1 Å². The van der Waals surface area contributed by atoms with Gasteiger partial charge in [-0.3, -0.25) is 4.79 Å². The van der Waals surface area contributed by atoms with Gasteiger partial charge >= 0.3 is 0 Å². The van der Waals surface area contributed by atoms with Crippen LogP contribution in [-0.4, -0.2) is 15.9 Å². The number of hydrogen-bond acceptors (Lipinski definition) is 4. The molecule has 3 aromatic rings. The first kappa shape index (κ1) is 19.0. The van der Waals surface area contributed by atoms with Crippen LogP contribution in [0.2, 0.25) is 0 Å². The van der Waals surface area contributed by atoms with E-state index in [-0.39, 0.29) is 11.7 Å². The molecular formula is C21H20FN3OS. The van der Waals surface area contributed by atoms with E-state index < -0.39 is 5.25 Å². The summed E-state index contributed by atoms with van der Waals surface area (Å²) in [5.74, 6) is -0.557. The number of anilines is 1. The standard InChI is InChI=1S/C21H20FN3OS/c1-13-14(2)23-21(24-15(13)3)27-19(16-7-5-4-6-8-16)20(26)25-18-11-9-17(22)10-12-18/h4-12,19H,1-3H3,(H,25,26)/t19-/m1/s1. The predicted octanol–water partition coefficient (Wildman–Crippen LogP) is 5.01. The van der Waals surface area contributed by atoms with Gasteiger partial charge in [0.15, 0.2) is 5.16 Å². The van der Waals surface area contributed by atoms with Gasteiger partial charge in [0.05, 0.1) is 0 Å². The molecule has 0 radical (unpaired) electrons. The summed E-state index contributed by atoms with van der Waals surface area (Å²) in [5, 5.41) is 2.87. The second kappa shape index (κ2) is 8.31. The van der Waals surface area contributed by atoms with Gasteiger partial charge in [-0.05, 0) is 56.2 Å². The Balaban J connectivity index is 1.89. The summed E-state index contributed by atoms with van der Waals surface area (Å²) in [6, 6.07) is 15.2. The van der Waals surface area contributed by atoms with Crippen molar-refractivity contribution in [2.24, 2.45) is 0 Å². The van der Waals surface area contributed by atoms with Crippen molar-refractivity contribution < 1.29 is 9.18 Å². The zero-order valence-electron chi connectivity index (χ0n) is 15.4. The third kappa shape index (κ3) is 4.71. The highest BCUT2D eigenvalue weighted by atomic mass is 32.2. The summed E-state index contributed by atoms with van der Waals surface area (Å²) in [5.41, 5.74) is 4.24. The number of aromatic nitrogens is 2. The van der Waals surface area contributed by atoms with Crippen LogP contribution in [0.4, 0.5) is 10.1 Å². The van der Waals surface area contributed by atoms with Crippen LogP contribution in [0, 0.1) is 26.6 Å². The van der Waals surface area contributed by atoms with Gasteiger partial charge in [0.1, 0.15) is 11.1 Å². The van der Waals surface area contributed by atoms with E-state index >= 15 is 0 Å². The number of carbonyl (C=O) groups is 1. The van der Waals surface area contributed by atoms with Gasteiger partial charge in [-0.1, -0.05) is 42.1 Å². The van der Waals surface area contributed by atoms with Crippen LogP contribution in [0.5, 0.6) is 0 Å². The smallest absolute Gasteiger partial charge is 0.242 e. The molecule has 1 aromatic heterocycles. The highest BCUT2D eigenvalue weighted by Crippen LogP contribution is 2.35. The van der Waals surface area contributed by atoms with Gasteiger partial charge < -0.3 is 5.32 Å². The second-order valence-electron chi connectivity index (χ2n) is 6.21. The summed E-state index contributed by atoms with van der Waals surface area (Å²) in [4.78, 5) is 22.0. The first-order valence-electron chi connectivity index (χ1n) is 8.54. The maximum Gasteiger partial charge on any atom is 0.242 e. The molecule has 0 bridgehead atoms. The Morgan fingerprint density at radius 2 is 1.56 bits per heavy atom. The van der Waals surface area contributed by atoms with Crippen molar-refractivity contribution in [1.29, 1.82) is 0 Å². The molecular weight excluding hydrogens is 361 g/mol. The van der Waals surface area contributed by atoms with E-state index in [4.69, 9.17) is 0 Å². The summed E-state index contributed by atoms with van der Waals surface area (Å²) < 4.78 is 13.1. The number of aryl methyl sites for hydroxylation is 2. The largest absolute Gasteiger partial charge is 0.325 e. The zero-order chi connectivity index (χ0) is 19.4. The van der Waals surface area contributed by atoms with Crippen LogP contribution in [-0.2, 0) is 4.79 Å². The lowest BCUT2D eigenvalue weighted by molar-refractivity contribution is -0.115. The summed E-state index contributed by atoms with van der Waals surface area (Å²) in [6.07, 6.45) is 0. The van der Waals surface area contributed by atoms with Crippen LogP contribution in [0.25, 0.3) is 0 Å². The summed E-state index contributed by atoms with van der Waals surface area (Å²) >= 11 is 1.30. The second-order valence-corrected chi connectivity index (χ2v) is 7.28. The van der Waals surface area contributed by atoms with Crippen LogP contribution in [0.3, 0.4) is 0 Å². The molecule has 138 valence electrons. The first-order chi connectivity index (χ1) is 12.9. The highest BCUT2D eigenvalue weighted by Gasteiger charge is 2.24. The lowest BCUT2D eigenvalue weighted by Crippen LogP contribution is -2.19. The molecule has 1 atom stereocenters. The van der Waals surface area contributed by atoms with Gasteiger partial charge in [-0.25, -0.2) is 14.4 Å². The molecule has 0 aliphatic heterocycles. The molecule has 0 aliphatic rings. The van der Waals surface area contributed by atoms with E-state index in [0.717, 1.165) is 22.5 Å². The van der Waals surface area contributed by atoms with Crippen LogP contribution in [0.1, 0.15) is 27.8 Å². The Hall–Kier alpha value is -2.73. The molecule has 0 aliphatic carbocycles. The van der Waals surface area contributed by atoms with Crippen molar-refractivity contribution in [3.63, 3.8) is 0 Å². The monoisotopic (exact) mass is 381 g/mol. The van der Waals surface area contributed by atoms with E-state index in [1.54, 1.807) is 0 Å². The number of nitrogens with one attached hydrogen (secondary N) is 1. The van der Waals surface area contributed by atoms with Crippen LogP contribution in [0.15, 0.2) is 59.8 Å². The van der Waals surface area contributed by atoms with Crippen molar-refractivity contribution >= 4 is 23.4 Å². The number of rotatable bonds is 5. The minimum absolute atomic E-state index is 0.211. The van der Waals surface area contributed by atoms with Gasteiger partial charge in [0.25, 0.3) is 0 Å². The molecule has 0 spiro atoms. The van der Waals surface area contributed by atoms with Crippen molar-refractivity contribution in [2.75, 3.05) is 5.32 Å². The number of thioether (sulfide) groups is 1. The molecule has 1 heterocycles. The molecule has 0 fully saturated rings. The van der Waals surface area contributed by atoms with Crippen molar-refractivity contribution in [1.82, 2.24) is 9.97 Å². The third-order valence-corrected chi connectivity index (χ3v) is 5.40. The fourth-order valence-electron chi connectivity index (χ4n) is 2.54. The van der Waals surface area contributed by atoms with Crippen molar-refractivity contribution in [2.45, 2.75) is 31.2 Å². The lowest BCUT2D eigenvalue weighted by Gasteiger charge is -2.17. The minimum atomic E-state index is -0.530. The maximum atomic E-state index is 13.1. The molecule has 27 heavy (non-hydrogen) atoms. The van der Waals surface area contributed by atoms with Crippen molar-refractivity contribution in [3.8, 4) is 0 Å². The quantitative estimate of drug-likeness (QED) is 0.498. The number of benzene rings is 2. The number of nitrogens with zero attached hydrogens (tertiary/aromatic N) is 2. The number of hydrogen-bond donors (Lipinski definition) is 1. The van der Waals surface area contributed by atoms with Crippen LogP contribution >= 0.6 is 11.8 Å². The number of carbonyl (C=O) groups excluding carboxylic acids is 1. The van der Waals surface area contributed by atoms with E-state index in [1.165, 1.54) is 36.0 Å². The lowest BCUT2D eigenvalue weighted by atomic mass is 10.1. The molecule has 1 amide bonds. The molecule has 1 N–H and O–H groups in total. The average molecular weight is 381 g/mol. The Kier molecular flexibility index (Phi) is 5.86. The molecule has 6 heteroatoms. The Morgan fingerprint density at radius 1 is 0.963 bits per heavy atom. The molecule has 0 saturated heterocycles. The Morgan fingerprint density at radius 3 is 2.15 bits per heavy atom. The number of amides is 1. The van der Waals surface area contributed by atoms with E-state index in [0.29, 0.717) is 10.8 Å². The molecule has 0 saturated carbocycles. The predicted molar refractivity (Wildman–Crippen MR) is 106 cm³/mol. The Labute approximate surface area is 162 Å². The molecule has 3 rings (SSSR count). The summed E-state index contributed by atoms with van der Waals surface area (Å²) in [7, 11) is 0. The average Bonchev–Trinajstić information content (AvgIpc) is 2.66. The minimum Gasteiger partial charge on any atom is -0.325 e. The van der Waals surface area contributed by atoms with E-state index in [1.807, 2.05) is 51.1 Å². The Bertz CT molecular complexity index is 922. The van der Waals surface area contributed by atoms with Crippen LogP contribution < -0.4 is 5.32 Å². The SMILES string of the molecule is Cc1nc(S[C@@H](C(=O)Nc2ccc(F)cc2)c2ccccc2)nc(C)c1C.